The molecule has 0 spiro atoms. The summed E-state index contributed by atoms with van der Waals surface area (Å²) in [5.41, 5.74) is 3.43. The molecule has 3 rings (SSSR count). The molecule has 0 unspecified atom stereocenters. The summed E-state index contributed by atoms with van der Waals surface area (Å²) in [5.74, 6) is -0.437. The van der Waals surface area contributed by atoms with E-state index in [-0.39, 0.29) is 11.3 Å². The molecule has 1 aromatic carbocycles. The summed E-state index contributed by atoms with van der Waals surface area (Å²) in [6.45, 7) is 2.53. The lowest BCUT2D eigenvalue weighted by Gasteiger charge is -2.09. The van der Waals surface area contributed by atoms with Crippen molar-refractivity contribution >= 4 is 34.2 Å². The van der Waals surface area contributed by atoms with Gasteiger partial charge >= 0.3 is 0 Å². The monoisotopic (exact) mass is 354 g/mol. The third kappa shape index (κ3) is 3.83. The molecule has 2 aromatic heterocycles. The highest BCUT2D eigenvalue weighted by Gasteiger charge is 2.16. The van der Waals surface area contributed by atoms with Crippen molar-refractivity contribution < 1.29 is 4.79 Å². The van der Waals surface area contributed by atoms with Crippen LogP contribution in [0.5, 0.6) is 0 Å². The Balaban J connectivity index is 1.94. The van der Waals surface area contributed by atoms with Crippen LogP contribution >= 0.6 is 11.3 Å². The van der Waals surface area contributed by atoms with E-state index in [2.05, 4.69) is 15.6 Å². The van der Waals surface area contributed by atoms with E-state index in [0.717, 1.165) is 18.4 Å². The molecule has 3 aromatic rings. The van der Waals surface area contributed by atoms with Crippen LogP contribution in [0, 0.1) is 0 Å². The Bertz CT molecular complexity index is 961. The molecular weight excluding hydrogens is 336 g/mol. The molecule has 0 bridgehead atoms. The minimum absolute atomic E-state index is 0.178. The standard InChI is InChI=1S/C18H18N4O2S/c1-2-3-9-22-18(24)15-7-5-4-6-14(15)16(21-22)17(23)20-19-11-13-8-10-25-12-13/h4-8,10-12H,2-3,9H2,1H3,(H,20,23)/b19-11+. The zero-order chi connectivity index (χ0) is 17.6. The minimum atomic E-state index is -0.437. The Morgan fingerprint density at radius 3 is 2.84 bits per heavy atom. The number of hydrogen-bond donors (Lipinski definition) is 1. The molecule has 0 atom stereocenters. The summed E-state index contributed by atoms with van der Waals surface area (Å²) in [6.07, 6.45) is 3.33. The molecule has 0 aliphatic heterocycles. The molecule has 128 valence electrons. The van der Waals surface area contributed by atoms with Gasteiger partial charge in [-0.05, 0) is 29.3 Å². The number of nitrogens with one attached hydrogen (secondary N) is 1. The number of aryl methyl sites for hydroxylation is 1. The largest absolute Gasteiger partial charge is 0.292 e. The molecular formula is C18H18N4O2S. The van der Waals surface area contributed by atoms with Gasteiger partial charge in [-0.3, -0.25) is 9.59 Å². The molecule has 1 amide bonds. The number of carbonyl (C=O) groups is 1. The molecule has 0 aliphatic rings. The van der Waals surface area contributed by atoms with Crippen molar-refractivity contribution in [2.45, 2.75) is 26.3 Å². The van der Waals surface area contributed by atoms with Crippen LogP contribution in [-0.2, 0) is 6.54 Å². The SMILES string of the molecule is CCCCn1nc(C(=O)N/N=C/c2ccsc2)c2ccccc2c1=O. The van der Waals surface area contributed by atoms with Gasteiger partial charge in [0.1, 0.15) is 0 Å². The van der Waals surface area contributed by atoms with Crippen LogP contribution in [0.4, 0.5) is 0 Å². The van der Waals surface area contributed by atoms with E-state index in [1.54, 1.807) is 41.8 Å². The second kappa shape index (κ2) is 7.85. The fourth-order valence-electron chi connectivity index (χ4n) is 2.43. The summed E-state index contributed by atoms with van der Waals surface area (Å²) >= 11 is 1.55. The first-order chi connectivity index (χ1) is 12.2. The van der Waals surface area contributed by atoms with Gasteiger partial charge in [-0.1, -0.05) is 31.5 Å². The van der Waals surface area contributed by atoms with Gasteiger partial charge in [-0.15, -0.1) is 0 Å². The summed E-state index contributed by atoms with van der Waals surface area (Å²) in [5, 5.41) is 13.1. The number of thiophene rings is 1. The number of rotatable bonds is 6. The van der Waals surface area contributed by atoms with Crippen molar-refractivity contribution in [1.29, 1.82) is 0 Å². The van der Waals surface area contributed by atoms with Crippen LogP contribution in [0.1, 0.15) is 35.8 Å². The van der Waals surface area contributed by atoms with Gasteiger partial charge in [0.2, 0.25) is 0 Å². The van der Waals surface area contributed by atoms with Crippen LogP contribution in [0.2, 0.25) is 0 Å². The third-order valence-corrected chi connectivity index (χ3v) is 4.43. The maximum atomic E-state index is 12.5. The minimum Gasteiger partial charge on any atom is -0.267 e. The predicted molar refractivity (Wildman–Crippen MR) is 100 cm³/mol. The van der Waals surface area contributed by atoms with Gasteiger partial charge in [-0.2, -0.15) is 21.5 Å². The van der Waals surface area contributed by atoms with Crippen LogP contribution in [-0.4, -0.2) is 21.9 Å². The quantitative estimate of drug-likeness (QED) is 0.546. The first-order valence-electron chi connectivity index (χ1n) is 8.06. The van der Waals surface area contributed by atoms with E-state index in [9.17, 15) is 9.59 Å². The molecule has 0 saturated carbocycles. The van der Waals surface area contributed by atoms with Gasteiger partial charge in [0.15, 0.2) is 5.69 Å². The second-order valence-electron chi connectivity index (χ2n) is 5.53. The molecule has 0 aliphatic carbocycles. The number of hydrogen-bond acceptors (Lipinski definition) is 5. The van der Waals surface area contributed by atoms with Crippen molar-refractivity contribution in [3.63, 3.8) is 0 Å². The Kier molecular flexibility index (Phi) is 5.35. The Morgan fingerprint density at radius 1 is 1.32 bits per heavy atom. The molecule has 2 heterocycles. The van der Waals surface area contributed by atoms with E-state index in [1.165, 1.54) is 4.68 Å². The number of unbranched alkanes of at least 4 members (excludes halogenated alkanes) is 1. The molecule has 0 fully saturated rings. The average Bonchev–Trinajstić information content (AvgIpc) is 3.14. The molecule has 6 nitrogen and oxygen atoms in total. The van der Waals surface area contributed by atoms with E-state index in [0.29, 0.717) is 17.3 Å². The lowest BCUT2D eigenvalue weighted by molar-refractivity contribution is 0.0949. The highest BCUT2D eigenvalue weighted by molar-refractivity contribution is 7.08. The third-order valence-electron chi connectivity index (χ3n) is 3.73. The van der Waals surface area contributed by atoms with E-state index in [1.807, 2.05) is 23.8 Å². The van der Waals surface area contributed by atoms with Crippen LogP contribution in [0.15, 0.2) is 51.0 Å². The predicted octanol–water partition coefficient (Wildman–Crippen LogP) is 3.02. The fraction of sp³-hybridized carbons (Fsp3) is 0.222. The molecule has 1 N–H and O–H groups in total. The van der Waals surface area contributed by atoms with Crippen molar-refractivity contribution in [2.75, 3.05) is 0 Å². The summed E-state index contributed by atoms with van der Waals surface area (Å²) in [4.78, 5) is 25.0. The number of aromatic nitrogens is 2. The topological polar surface area (TPSA) is 76.3 Å². The number of carbonyl (C=O) groups excluding carboxylic acids is 1. The smallest absolute Gasteiger partial charge is 0.267 e. The maximum Gasteiger partial charge on any atom is 0.292 e. The zero-order valence-electron chi connectivity index (χ0n) is 13.8. The van der Waals surface area contributed by atoms with Crippen molar-refractivity contribution in [3.05, 3.63) is 62.7 Å². The van der Waals surface area contributed by atoms with Gasteiger partial charge in [0.25, 0.3) is 11.5 Å². The number of benzene rings is 1. The number of fused-ring (bicyclic) bond motifs is 1. The number of hydrazone groups is 1. The van der Waals surface area contributed by atoms with E-state index >= 15 is 0 Å². The van der Waals surface area contributed by atoms with Crippen molar-refractivity contribution in [2.24, 2.45) is 5.10 Å². The Labute approximate surface area is 148 Å². The van der Waals surface area contributed by atoms with E-state index < -0.39 is 5.91 Å². The average molecular weight is 354 g/mol. The number of nitrogens with zero attached hydrogens (tertiary/aromatic N) is 3. The van der Waals surface area contributed by atoms with Crippen molar-refractivity contribution in [3.8, 4) is 0 Å². The summed E-state index contributed by atoms with van der Waals surface area (Å²) in [7, 11) is 0. The summed E-state index contributed by atoms with van der Waals surface area (Å²) in [6, 6.07) is 8.91. The lowest BCUT2D eigenvalue weighted by Crippen LogP contribution is -2.29. The first kappa shape index (κ1) is 17.0. The lowest BCUT2D eigenvalue weighted by atomic mass is 10.1. The van der Waals surface area contributed by atoms with Gasteiger partial charge < -0.3 is 0 Å². The first-order valence-corrected chi connectivity index (χ1v) is 9.00. The van der Waals surface area contributed by atoms with E-state index in [4.69, 9.17) is 0 Å². The summed E-state index contributed by atoms with van der Waals surface area (Å²) < 4.78 is 1.36. The van der Waals surface area contributed by atoms with Gasteiger partial charge in [-0.25, -0.2) is 10.1 Å². The van der Waals surface area contributed by atoms with Crippen LogP contribution < -0.4 is 11.0 Å². The van der Waals surface area contributed by atoms with Crippen LogP contribution in [0.25, 0.3) is 10.8 Å². The van der Waals surface area contributed by atoms with Gasteiger partial charge in [0, 0.05) is 17.5 Å². The van der Waals surface area contributed by atoms with Crippen LogP contribution in [0.3, 0.4) is 0 Å². The van der Waals surface area contributed by atoms with Gasteiger partial charge in [0.05, 0.1) is 11.6 Å². The second-order valence-corrected chi connectivity index (χ2v) is 6.31. The maximum absolute atomic E-state index is 12.5. The highest BCUT2D eigenvalue weighted by atomic mass is 32.1. The highest BCUT2D eigenvalue weighted by Crippen LogP contribution is 2.13. The Morgan fingerprint density at radius 2 is 2.12 bits per heavy atom. The molecule has 0 saturated heterocycles. The normalized spacial score (nSPS) is 11.2. The zero-order valence-corrected chi connectivity index (χ0v) is 14.6. The fourth-order valence-corrected chi connectivity index (χ4v) is 3.04. The molecule has 0 radical (unpaired) electrons. The van der Waals surface area contributed by atoms with Crippen molar-refractivity contribution in [1.82, 2.24) is 15.2 Å². The molecule has 25 heavy (non-hydrogen) atoms. The number of amides is 1. The Hall–Kier alpha value is -2.80. The molecule has 7 heteroatoms.